The van der Waals surface area contributed by atoms with Crippen molar-refractivity contribution in [1.29, 1.82) is 0 Å². The molecule has 10 heteroatoms. The van der Waals surface area contributed by atoms with Gasteiger partial charge in [0.1, 0.15) is 6.54 Å². The van der Waals surface area contributed by atoms with E-state index in [2.05, 4.69) is 144 Å². The Morgan fingerprint density at radius 3 is 2.18 bits per heavy atom. The molecule has 8 rings (SSSR count). The molecule has 1 atom stereocenters. The van der Waals surface area contributed by atoms with Crippen molar-refractivity contribution in [2.75, 3.05) is 18.0 Å². The van der Waals surface area contributed by atoms with E-state index in [0.29, 0.717) is 17.8 Å². The van der Waals surface area contributed by atoms with Crippen LogP contribution in [0.25, 0.3) is 27.1 Å². The fourth-order valence-electron chi connectivity index (χ4n) is 10.7. The number of rotatable bonds is 12. The molecule has 2 N–H and O–H groups in total. The van der Waals surface area contributed by atoms with E-state index in [0.717, 1.165) is 54.6 Å². The van der Waals surface area contributed by atoms with Crippen LogP contribution in [0.4, 0.5) is 11.4 Å². The maximum absolute atomic E-state index is 12.2. The zero-order chi connectivity index (χ0) is 46.8. The van der Waals surface area contributed by atoms with Crippen molar-refractivity contribution in [2.45, 2.75) is 115 Å². The Hall–Kier alpha value is -5.13. The van der Waals surface area contributed by atoms with Gasteiger partial charge in [0.2, 0.25) is 5.69 Å². The van der Waals surface area contributed by atoms with Crippen LogP contribution < -0.4 is 4.90 Å². The zero-order valence-electron chi connectivity index (χ0n) is 39.2. The Labute approximate surface area is 386 Å². The zero-order valence-corrected chi connectivity index (χ0v) is 40.9. The number of hydrogen-bond acceptors (Lipinski definition) is 5. The summed E-state index contributed by atoms with van der Waals surface area (Å²) in [6.07, 6.45) is 13.3. The van der Waals surface area contributed by atoms with Crippen LogP contribution in [0.3, 0.4) is 0 Å². The molecule has 0 aromatic heterocycles. The highest BCUT2D eigenvalue weighted by Crippen LogP contribution is 2.52. The highest BCUT2D eigenvalue weighted by Gasteiger charge is 2.46. The van der Waals surface area contributed by atoms with E-state index in [4.69, 9.17) is 0 Å². The number of hydrogen-bond donors (Lipinski definition) is 2. The summed E-state index contributed by atoms with van der Waals surface area (Å²) in [6, 6.07) is 28.5. The third-order valence-corrected chi connectivity index (χ3v) is 16.2. The molecule has 1 unspecified atom stereocenters. The molecule has 340 valence electrons. The van der Waals surface area contributed by atoms with Gasteiger partial charge < -0.3 is 4.90 Å². The topological polar surface area (TPSA) is 115 Å². The van der Waals surface area contributed by atoms with Crippen LogP contribution in [0.1, 0.15) is 108 Å². The Bertz CT molecular complexity index is 3150. The van der Waals surface area contributed by atoms with E-state index in [1.165, 1.54) is 80.2 Å². The molecule has 5 aromatic rings. The monoisotopic (exact) mass is 911 g/mol. The van der Waals surface area contributed by atoms with E-state index in [1.807, 2.05) is 12.1 Å². The predicted molar refractivity (Wildman–Crippen MR) is 268 cm³/mol. The van der Waals surface area contributed by atoms with Crippen LogP contribution >= 0.6 is 0 Å². The molecule has 2 heterocycles. The summed E-state index contributed by atoms with van der Waals surface area (Å²) in [5.41, 5.74) is 13.3. The van der Waals surface area contributed by atoms with Crippen molar-refractivity contribution in [1.82, 2.24) is 0 Å². The minimum atomic E-state index is -4.42. The normalized spacial score (nSPS) is 19.2. The third kappa shape index (κ3) is 8.71. The Kier molecular flexibility index (Phi) is 12.3. The number of aryl methyl sites for hydroxylation is 2. The molecule has 0 fully saturated rings. The first kappa shape index (κ1) is 46.4. The standard InChI is InChI=1S/C55H62N2O6S2/c1-35(2)29-31-56-47-25-18-39-13-10-11-16-45(39)52(47)54(6,7)49(56)27-20-40-14-12-15-41(51(40)44-23-17-36(3)33-37(44)4)21-28-50-55(8,9)53-46-24-22-43(65(61,62)63)34-42(46)19-26-48(53)57(50)32-30-38(5)64(58,59)60/h10-11,13,16-28,33-35,38H,12,14-15,29-32H2,1-9H3,(H-,58,59,60,61,62,63)/p+1. The first-order chi connectivity index (χ1) is 30.6. The molecule has 65 heavy (non-hydrogen) atoms. The molecule has 0 saturated carbocycles. The first-order valence-electron chi connectivity index (χ1n) is 23.0. The number of benzene rings is 5. The maximum atomic E-state index is 12.2. The quantitative estimate of drug-likeness (QED) is 0.0946. The lowest BCUT2D eigenvalue weighted by Crippen LogP contribution is -2.30. The lowest BCUT2D eigenvalue weighted by molar-refractivity contribution is -0.439. The molecule has 0 bridgehead atoms. The van der Waals surface area contributed by atoms with Crippen LogP contribution in [-0.4, -0.2) is 54.6 Å². The molecule has 0 amide bonds. The van der Waals surface area contributed by atoms with Gasteiger partial charge in [-0.2, -0.15) is 21.4 Å². The Morgan fingerprint density at radius 2 is 1.48 bits per heavy atom. The van der Waals surface area contributed by atoms with Crippen LogP contribution in [0.15, 0.2) is 131 Å². The SMILES string of the molecule is Cc1ccc(C2=C(/C=C/C3=[N+](CCC(C)C)c4ccc5ccccc5c4C3(C)C)CCC/C2=C\C=C2\N(CCC(C)S(=O)(=O)O)c3ccc4cc(S(=O)(=O)O)ccc4c3C2(C)C)c(C)c1. The van der Waals surface area contributed by atoms with Crippen molar-refractivity contribution in [2.24, 2.45) is 5.92 Å². The van der Waals surface area contributed by atoms with Gasteiger partial charge in [0.05, 0.1) is 15.6 Å². The van der Waals surface area contributed by atoms with Crippen molar-refractivity contribution >= 4 is 64.4 Å². The summed E-state index contributed by atoms with van der Waals surface area (Å²) >= 11 is 0. The van der Waals surface area contributed by atoms with Gasteiger partial charge in [-0.15, -0.1) is 0 Å². The van der Waals surface area contributed by atoms with Gasteiger partial charge in [-0.05, 0) is 152 Å². The van der Waals surface area contributed by atoms with Gasteiger partial charge in [0.25, 0.3) is 20.2 Å². The number of anilines is 1. The summed E-state index contributed by atoms with van der Waals surface area (Å²) in [5.74, 6) is 0.558. The van der Waals surface area contributed by atoms with Crippen molar-refractivity contribution in [3.8, 4) is 0 Å². The molecular formula is C55H63N2O6S2+. The van der Waals surface area contributed by atoms with Gasteiger partial charge >= 0.3 is 0 Å². The van der Waals surface area contributed by atoms with Gasteiger partial charge in [0, 0.05) is 47.5 Å². The molecule has 3 aliphatic rings. The highest BCUT2D eigenvalue weighted by molar-refractivity contribution is 7.86. The Balaban J connectivity index is 1.29. The average molecular weight is 912 g/mol. The van der Waals surface area contributed by atoms with Gasteiger partial charge in [-0.25, -0.2) is 0 Å². The van der Waals surface area contributed by atoms with Crippen LogP contribution in [-0.2, 0) is 31.1 Å². The van der Waals surface area contributed by atoms with E-state index in [1.54, 1.807) is 6.07 Å². The lowest BCUT2D eigenvalue weighted by Gasteiger charge is -2.28. The predicted octanol–water partition coefficient (Wildman–Crippen LogP) is 12.7. The average Bonchev–Trinajstić information content (AvgIpc) is 3.60. The van der Waals surface area contributed by atoms with Crippen LogP contribution in [0, 0.1) is 19.8 Å². The second kappa shape index (κ2) is 17.3. The molecular weight excluding hydrogens is 849 g/mol. The second-order valence-electron chi connectivity index (χ2n) is 19.9. The summed E-state index contributed by atoms with van der Waals surface area (Å²) < 4.78 is 71.2. The second-order valence-corrected chi connectivity index (χ2v) is 23.1. The molecule has 0 saturated heterocycles. The number of fused-ring (bicyclic) bond motifs is 6. The fourth-order valence-corrected chi connectivity index (χ4v) is 11.6. The summed E-state index contributed by atoms with van der Waals surface area (Å²) in [4.78, 5) is 1.98. The summed E-state index contributed by atoms with van der Waals surface area (Å²) in [6.45, 7) is 20.7. The fraction of sp³-hybridized carbons (Fsp3) is 0.364. The molecule has 0 spiro atoms. The van der Waals surface area contributed by atoms with Crippen LogP contribution in [0.2, 0.25) is 0 Å². The van der Waals surface area contributed by atoms with Crippen molar-refractivity contribution in [3.05, 3.63) is 154 Å². The summed E-state index contributed by atoms with van der Waals surface area (Å²) in [5, 5.41) is 3.09. The van der Waals surface area contributed by atoms with Gasteiger partial charge in [0.15, 0.2) is 5.71 Å². The van der Waals surface area contributed by atoms with Crippen LogP contribution in [0.5, 0.6) is 0 Å². The molecule has 8 nitrogen and oxygen atoms in total. The largest absolute Gasteiger partial charge is 0.344 e. The van der Waals surface area contributed by atoms with Gasteiger partial charge in [-0.1, -0.05) is 100 Å². The van der Waals surface area contributed by atoms with Crippen molar-refractivity contribution in [3.63, 3.8) is 0 Å². The third-order valence-electron chi connectivity index (χ3n) is 14.1. The molecule has 2 aliphatic heterocycles. The minimum absolute atomic E-state index is 0.177. The highest BCUT2D eigenvalue weighted by atomic mass is 32.2. The van der Waals surface area contributed by atoms with Gasteiger partial charge in [-0.3, -0.25) is 9.11 Å². The number of allylic oxidation sites excluding steroid dienone is 8. The maximum Gasteiger partial charge on any atom is 0.294 e. The first-order valence-corrected chi connectivity index (χ1v) is 25.9. The smallest absolute Gasteiger partial charge is 0.294 e. The molecule has 1 aliphatic carbocycles. The summed E-state index contributed by atoms with van der Waals surface area (Å²) in [7, 11) is -8.68. The van der Waals surface area contributed by atoms with E-state index >= 15 is 0 Å². The van der Waals surface area contributed by atoms with E-state index in [9.17, 15) is 25.9 Å². The van der Waals surface area contributed by atoms with E-state index in [-0.39, 0.29) is 16.7 Å². The van der Waals surface area contributed by atoms with Crippen molar-refractivity contribution < 1.29 is 30.5 Å². The Morgan fingerprint density at radius 1 is 0.754 bits per heavy atom. The number of nitrogens with zero attached hydrogens (tertiary/aromatic N) is 2. The molecule has 5 aromatic carbocycles. The lowest BCUT2D eigenvalue weighted by atomic mass is 9.78. The molecule has 0 radical (unpaired) electrons. The minimum Gasteiger partial charge on any atom is -0.344 e. The van der Waals surface area contributed by atoms with E-state index < -0.39 is 30.9 Å².